The first-order chi connectivity index (χ1) is 9.54. The van der Waals surface area contributed by atoms with Crippen LogP contribution in [0.3, 0.4) is 0 Å². The second-order valence-corrected chi connectivity index (χ2v) is 10.3. The molecule has 0 unspecified atom stereocenters. The van der Waals surface area contributed by atoms with E-state index < -0.39 is 0 Å². The van der Waals surface area contributed by atoms with Gasteiger partial charge in [0.25, 0.3) is 0 Å². The molecule has 0 aliphatic rings. The SMILES string of the molecule is C=CC=NC(C)(C)CC(C)(C)C.CCC(C)(C)CC(C)(C)C. The number of aliphatic imine (C=N–C) groups is 1. The fraction of sp³-hybridized carbons (Fsp3) is 0.857. The highest BCUT2D eigenvalue weighted by molar-refractivity contribution is 5.70. The van der Waals surface area contributed by atoms with E-state index in [4.69, 9.17) is 0 Å². The van der Waals surface area contributed by atoms with Gasteiger partial charge in [-0.25, -0.2) is 0 Å². The third-order valence-electron chi connectivity index (χ3n) is 3.46. The molecule has 0 amide bonds. The highest BCUT2D eigenvalue weighted by atomic mass is 14.8. The van der Waals surface area contributed by atoms with Crippen LogP contribution in [0.2, 0.25) is 0 Å². The van der Waals surface area contributed by atoms with Crippen molar-refractivity contribution < 1.29 is 0 Å². The summed E-state index contributed by atoms with van der Waals surface area (Å²) in [5, 5.41) is 0. The van der Waals surface area contributed by atoms with Crippen molar-refractivity contribution in [2.45, 2.75) is 101 Å². The molecule has 22 heavy (non-hydrogen) atoms. The lowest BCUT2D eigenvalue weighted by atomic mass is 9.75. The van der Waals surface area contributed by atoms with Crippen molar-refractivity contribution >= 4 is 6.21 Å². The molecule has 0 aliphatic heterocycles. The van der Waals surface area contributed by atoms with E-state index in [-0.39, 0.29) is 5.54 Å². The first-order valence-electron chi connectivity index (χ1n) is 8.70. The molecule has 0 radical (unpaired) electrons. The molecule has 0 saturated carbocycles. The Morgan fingerprint density at radius 2 is 1.18 bits per heavy atom. The molecule has 0 aliphatic carbocycles. The van der Waals surface area contributed by atoms with Gasteiger partial charge >= 0.3 is 0 Å². The number of hydrogen-bond donors (Lipinski definition) is 0. The second kappa shape index (κ2) is 8.89. The fourth-order valence-electron chi connectivity index (χ4n) is 3.16. The summed E-state index contributed by atoms with van der Waals surface area (Å²) in [6.45, 7) is 28.5. The summed E-state index contributed by atoms with van der Waals surface area (Å²) in [7, 11) is 0. The standard InChI is InChI=1S/C11H21N.C10H22/c1-7-8-12-11(5,6)9-10(2,3)4;1-7-10(5,6)8-9(2,3)4/h7-8H,1,9H2,2-6H3;7-8H2,1-6H3. The maximum absolute atomic E-state index is 4.42. The molecule has 0 bridgehead atoms. The van der Waals surface area contributed by atoms with E-state index in [1.54, 1.807) is 12.3 Å². The third-order valence-corrected chi connectivity index (χ3v) is 3.46. The van der Waals surface area contributed by atoms with Crippen molar-refractivity contribution in [3.8, 4) is 0 Å². The lowest BCUT2D eigenvalue weighted by Gasteiger charge is -2.31. The van der Waals surface area contributed by atoms with Gasteiger partial charge in [-0.2, -0.15) is 0 Å². The highest BCUT2D eigenvalue weighted by Gasteiger charge is 2.24. The molecule has 0 fully saturated rings. The number of hydrogen-bond acceptors (Lipinski definition) is 1. The van der Waals surface area contributed by atoms with Crippen LogP contribution in [0.5, 0.6) is 0 Å². The Balaban J connectivity index is 0. The molecule has 0 rings (SSSR count). The van der Waals surface area contributed by atoms with Crippen LogP contribution in [0.1, 0.15) is 95.4 Å². The van der Waals surface area contributed by atoms with Gasteiger partial charge in [0.2, 0.25) is 0 Å². The van der Waals surface area contributed by atoms with Gasteiger partial charge in [0.15, 0.2) is 0 Å². The smallest absolute Gasteiger partial charge is 0.0557 e. The van der Waals surface area contributed by atoms with E-state index in [0.29, 0.717) is 16.2 Å². The number of nitrogens with zero attached hydrogens (tertiary/aromatic N) is 1. The molecule has 0 heterocycles. The van der Waals surface area contributed by atoms with E-state index in [1.165, 1.54) is 12.8 Å². The zero-order valence-corrected chi connectivity index (χ0v) is 17.4. The summed E-state index contributed by atoms with van der Waals surface area (Å²) < 4.78 is 0. The minimum absolute atomic E-state index is 0.0342. The lowest BCUT2D eigenvalue weighted by molar-refractivity contribution is 0.206. The van der Waals surface area contributed by atoms with Crippen molar-refractivity contribution in [1.82, 2.24) is 0 Å². The summed E-state index contributed by atoms with van der Waals surface area (Å²) in [5.74, 6) is 0. The molecular weight excluding hydrogens is 266 g/mol. The molecule has 0 N–H and O–H groups in total. The van der Waals surface area contributed by atoms with Crippen LogP contribution in [-0.4, -0.2) is 11.8 Å². The predicted octanol–water partition coefficient (Wildman–Crippen LogP) is 7.32. The van der Waals surface area contributed by atoms with Crippen LogP contribution in [0.4, 0.5) is 0 Å². The van der Waals surface area contributed by atoms with E-state index in [9.17, 15) is 0 Å². The summed E-state index contributed by atoms with van der Waals surface area (Å²) in [6, 6.07) is 0. The van der Waals surface area contributed by atoms with Crippen molar-refractivity contribution in [2.75, 3.05) is 0 Å². The molecule has 132 valence electrons. The molecular formula is C21H43N. The Morgan fingerprint density at radius 1 is 0.773 bits per heavy atom. The van der Waals surface area contributed by atoms with Gasteiger partial charge in [-0.3, -0.25) is 4.99 Å². The minimum Gasteiger partial charge on any atom is -0.287 e. The van der Waals surface area contributed by atoms with Crippen molar-refractivity contribution in [3.63, 3.8) is 0 Å². The summed E-state index contributed by atoms with van der Waals surface area (Å²) >= 11 is 0. The zero-order valence-electron chi connectivity index (χ0n) is 17.4. The van der Waals surface area contributed by atoms with Crippen LogP contribution in [-0.2, 0) is 0 Å². The largest absolute Gasteiger partial charge is 0.287 e. The van der Waals surface area contributed by atoms with Crippen LogP contribution >= 0.6 is 0 Å². The van der Waals surface area contributed by atoms with Crippen LogP contribution in [0.15, 0.2) is 17.6 Å². The van der Waals surface area contributed by atoms with Gasteiger partial charge in [0.1, 0.15) is 0 Å². The van der Waals surface area contributed by atoms with Crippen LogP contribution in [0, 0.1) is 16.2 Å². The first-order valence-corrected chi connectivity index (χ1v) is 8.70. The maximum Gasteiger partial charge on any atom is 0.0557 e. The molecule has 0 atom stereocenters. The zero-order chi connectivity index (χ0) is 18.2. The second-order valence-electron chi connectivity index (χ2n) is 10.3. The van der Waals surface area contributed by atoms with Gasteiger partial charge < -0.3 is 0 Å². The van der Waals surface area contributed by atoms with Gasteiger partial charge in [0.05, 0.1) is 5.54 Å². The summed E-state index contributed by atoms with van der Waals surface area (Å²) in [4.78, 5) is 4.42. The van der Waals surface area contributed by atoms with Crippen molar-refractivity contribution in [1.29, 1.82) is 0 Å². The molecule has 1 nitrogen and oxygen atoms in total. The van der Waals surface area contributed by atoms with Gasteiger partial charge in [-0.15, -0.1) is 0 Å². The van der Waals surface area contributed by atoms with Gasteiger partial charge in [-0.1, -0.05) is 81.4 Å². The average Bonchev–Trinajstić information content (AvgIpc) is 2.21. The molecule has 0 spiro atoms. The molecule has 1 heteroatoms. The average molecular weight is 310 g/mol. The Morgan fingerprint density at radius 3 is 1.41 bits per heavy atom. The minimum atomic E-state index is 0.0342. The normalized spacial score (nSPS) is 13.8. The molecule has 0 saturated heterocycles. The Labute approximate surface area is 141 Å². The van der Waals surface area contributed by atoms with Crippen molar-refractivity contribution in [2.24, 2.45) is 21.2 Å². The maximum atomic E-state index is 4.42. The molecule has 0 aromatic rings. The van der Waals surface area contributed by atoms with E-state index >= 15 is 0 Å². The number of rotatable bonds is 5. The monoisotopic (exact) mass is 309 g/mol. The Bertz CT molecular complexity index is 332. The van der Waals surface area contributed by atoms with E-state index in [1.807, 2.05) is 0 Å². The van der Waals surface area contributed by atoms with E-state index in [0.717, 1.165) is 6.42 Å². The van der Waals surface area contributed by atoms with Gasteiger partial charge in [-0.05, 0) is 42.9 Å². The Hall–Kier alpha value is -0.590. The quantitative estimate of drug-likeness (QED) is 0.472. The third kappa shape index (κ3) is 17.5. The lowest BCUT2D eigenvalue weighted by Crippen LogP contribution is -2.24. The Kier molecular flexibility index (Phi) is 9.57. The highest BCUT2D eigenvalue weighted by Crippen LogP contribution is 2.35. The molecule has 0 aromatic heterocycles. The summed E-state index contributed by atoms with van der Waals surface area (Å²) in [5.41, 5.74) is 1.38. The summed E-state index contributed by atoms with van der Waals surface area (Å²) in [6.07, 6.45) is 7.20. The molecule has 0 aromatic carbocycles. The first kappa shape index (κ1) is 23.7. The van der Waals surface area contributed by atoms with Crippen LogP contribution in [0.25, 0.3) is 0 Å². The topological polar surface area (TPSA) is 12.4 Å². The van der Waals surface area contributed by atoms with E-state index in [2.05, 4.69) is 87.7 Å². The van der Waals surface area contributed by atoms with Gasteiger partial charge in [0, 0.05) is 6.21 Å². The predicted molar refractivity (Wildman–Crippen MR) is 105 cm³/mol. The van der Waals surface area contributed by atoms with Crippen LogP contribution < -0.4 is 0 Å². The fourth-order valence-corrected chi connectivity index (χ4v) is 3.16. The van der Waals surface area contributed by atoms with Crippen molar-refractivity contribution in [3.05, 3.63) is 12.7 Å². The number of allylic oxidation sites excluding steroid dienone is 1.